The molecule has 3 aliphatic rings. The van der Waals surface area contributed by atoms with Crippen molar-refractivity contribution in [2.24, 2.45) is 0 Å². The van der Waals surface area contributed by atoms with E-state index in [-0.39, 0.29) is 18.8 Å². The predicted octanol–water partition coefficient (Wildman–Crippen LogP) is 2.98. The third-order valence-electron chi connectivity index (χ3n) is 8.10. The lowest BCUT2D eigenvalue weighted by Crippen LogP contribution is -2.54. The van der Waals surface area contributed by atoms with Gasteiger partial charge < -0.3 is 25.0 Å². The van der Waals surface area contributed by atoms with Gasteiger partial charge in [-0.2, -0.15) is 0 Å². The van der Waals surface area contributed by atoms with E-state index in [9.17, 15) is 24.0 Å². The first-order valence-electron chi connectivity index (χ1n) is 14.4. The average molecular weight is 582 g/mol. The Morgan fingerprint density at radius 3 is 2.47 bits per heavy atom. The maximum atomic E-state index is 13.5. The van der Waals surface area contributed by atoms with Gasteiger partial charge in [0.15, 0.2) is 5.78 Å². The Balaban J connectivity index is 1.10. The van der Waals surface area contributed by atoms with E-state index >= 15 is 0 Å². The third-order valence-corrected chi connectivity index (χ3v) is 8.10. The van der Waals surface area contributed by atoms with Gasteiger partial charge in [0.2, 0.25) is 18.1 Å². The molecule has 2 N–H and O–H groups in total. The Kier molecular flexibility index (Phi) is 7.77. The smallest absolute Gasteiger partial charge is 0.310 e. The molecule has 10 heteroatoms. The molecule has 2 heterocycles. The Hall–Kier alpha value is -4.83. The Labute approximate surface area is 248 Å². The zero-order valence-electron chi connectivity index (χ0n) is 23.6. The van der Waals surface area contributed by atoms with Crippen LogP contribution in [0.2, 0.25) is 0 Å². The second-order valence-electron chi connectivity index (χ2n) is 11.0. The number of nitrogens with one attached hydrogen (secondary N) is 2. The molecule has 0 radical (unpaired) electrons. The van der Waals surface area contributed by atoms with Crippen molar-refractivity contribution in [3.63, 3.8) is 0 Å². The van der Waals surface area contributed by atoms with Crippen LogP contribution in [0, 0.1) is 0 Å². The number of nitrogens with zero attached hydrogens (tertiary/aromatic N) is 1. The minimum absolute atomic E-state index is 0.0364. The van der Waals surface area contributed by atoms with E-state index in [0.717, 1.165) is 5.56 Å². The summed E-state index contributed by atoms with van der Waals surface area (Å²) in [5, 5.41) is 5.62. The fourth-order valence-corrected chi connectivity index (χ4v) is 5.99. The van der Waals surface area contributed by atoms with Gasteiger partial charge in [-0.3, -0.25) is 24.0 Å². The van der Waals surface area contributed by atoms with Gasteiger partial charge in [0.1, 0.15) is 18.1 Å². The third kappa shape index (κ3) is 5.53. The van der Waals surface area contributed by atoms with Crippen molar-refractivity contribution in [2.45, 2.75) is 57.2 Å². The normalized spacial score (nSPS) is 21.1. The Morgan fingerprint density at radius 1 is 0.953 bits per heavy atom. The summed E-state index contributed by atoms with van der Waals surface area (Å²) >= 11 is 0. The summed E-state index contributed by atoms with van der Waals surface area (Å²) in [6.45, 7) is 2.14. The minimum Gasteiger partial charge on any atom is -0.433 e. The number of hydrogen-bond acceptors (Lipinski definition) is 7. The Bertz CT molecular complexity index is 1600. The van der Waals surface area contributed by atoms with Crippen LogP contribution in [0.1, 0.15) is 58.0 Å². The van der Waals surface area contributed by atoms with E-state index in [0.29, 0.717) is 47.2 Å². The van der Waals surface area contributed by atoms with Crippen LogP contribution < -0.4 is 10.6 Å². The number of ketones is 1. The molecule has 43 heavy (non-hydrogen) atoms. The molecule has 3 amide bonds. The summed E-state index contributed by atoms with van der Waals surface area (Å²) in [6.07, 6.45) is 0.0834. The number of likely N-dealkylation sites (tertiary alicyclic amines) is 1. The van der Waals surface area contributed by atoms with Crippen LogP contribution in [0.25, 0.3) is 11.1 Å². The van der Waals surface area contributed by atoms with Crippen LogP contribution in [-0.2, 0) is 30.5 Å². The first-order valence-corrected chi connectivity index (χ1v) is 14.4. The fraction of sp³-hybridized carbons (Fsp3) is 0.303. The van der Waals surface area contributed by atoms with Crippen molar-refractivity contribution in [1.82, 2.24) is 15.5 Å². The van der Waals surface area contributed by atoms with Gasteiger partial charge in [-0.15, -0.1) is 0 Å². The SMILES string of the molecule is CC(NC(=O)c1cccc2c1-c1ccccc1C2=O)C(=O)N1CCCC1C(=O)NC1CC(=O)OC1OCc1ccccc1. The van der Waals surface area contributed by atoms with E-state index in [1.807, 2.05) is 36.4 Å². The predicted molar refractivity (Wildman–Crippen MR) is 155 cm³/mol. The highest BCUT2D eigenvalue weighted by atomic mass is 16.7. The van der Waals surface area contributed by atoms with Crippen molar-refractivity contribution >= 4 is 29.5 Å². The average Bonchev–Trinajstić information content (AvgIpc) is 3.72. The molecule has 2 aliphatic heterocycles. The van der Waals surface area contributed by atoms with Crippen LogP contribution in [0.5, 0.6) is 0 Å². The molecule has 3 aromatic rings. The lowest BCUT2D eigenvalue weighted by Gasteiger charge is -2.28. The molecule has 4 atom stereocenters. The molecule has 0 spiro atoms. The monoisotopic (exact) mass is 581 g/mol. The number of benzene rings is 3. The second kappa shape index (κ2) is 11.8. The number of carbonyl (C=O) groups excluding carboxylic acids is 5. The lowest BCUT2D eigenvalue weighted by atomic mass is 9.98. The number of carbonyl (C=O) groups is 5. The number of rotatable bonds is 8. The van der Waals surface area contributed by atoms with Crippen molar-refractivity contribution in [2.75, 3.05) is 6.54 Å². The molecule has 3 aromatic carbocycles. The second-order valence-corrected chi connectivity index (χ2v) is 11.0. The number of hydrogen-bond donors (Lipinski definition) is 2. The van der Waals surface area contributed by atoms with E-state index < -0.39 is 48.1 Å². The lowest BCUT2D eigenvalue weighted by molar-refractivity contribution is -0.168. The first-order chi connectivity index (χ1) is 20.8. The fourth-order valence-electron chi connectivity index (χ4n) is 5.99. The van der Waals surface area contributed by atoms with Gasteiger partial charge in [0.05, 0.1) is 13.0 Å². The molecule has 10 nitrogen and oxygen atoms in total. The zero-order chi connectivity index (χ0) is 30.1. The summed E-state index contributed by atoms with van der Waals surface area (Å²) in [5.41, 5.74) is 3.42. The number of amides is 3. The summed E-state index contributed by atoms with van der Waals surface area (Å²) in [7, 11) is 0. The Morgan fingerprint density at radius 2 is 1.67 bits per heavy atom. The van der Waals surface area contributed by atoms with Crippen LogP contribution in [-0.4, -0.2) is 65.3 Å². The van der Waals surface area contributed by atoms with Crippen molar-refractivity contribution in [3.05, 3.63) is 95.1 Å². The summed E-state index contributed by atoms with van der Waals surface area (Å²) in [4.78, 5) is 66.6. The zero-order valence-corrected chi connectivity index (χ0v) is 23.6. The number of fused-ring (bicyclic) bond motifs is 3. The summed E-state index contributed by atoms with van der Waals surface area (Å²) in [6, 6.07) is 19.1. The highest BCUT2D eigenvalue weighted by Gasteiger charge is 2.42. The molecular formula is C33H31N3O7. The molecule has 4 unspecified atom stereocenters. The first kappa shape index (κ1) is 28.3. The van der Waals surface area contributed by atoms with Crippen molar-refractivity contribution < 1.29 is 33.4 Å². The highest BCUT2D eigenvalue weighted by molar-refractivity contribution is 6.24. The van der Waals surface area contributed by atoms with Crippen LogP contribution in [0.3, 0.4) is 0 Å². The molecule has 1 aliphatic carbocycles. The summed E-state index contributed by atoms with van der Waals surface area (Å²) in [5.74, 6) is -1.90. The van der Waals surface area contributed by atoms with Gasteiger partial charge in [-0.1, -0.05) is 66.7 Å². The van der Waals surface area contributed by atoms with Crippen LogP contribution in [0.15, 0.2) is 72.8 Å². The molecule has 0 bridgehead atoms. The van der Waals surface area contributed by atoms with Crippen LogP contribution >= 0.6 is 0 Å². The van der Waals surface area contributed by atoms with E-state index in [4.69, 9.17) is 9.47 Å². The number of esters is 1. The van der Waals surface area contributed by atoms with E-state index in [1.165, 1.54) is 4.90 Å². The van der Waals surface area contributed by atoms with Crippen molar-refractivity contribution in [1.29, 1.82) is 0 Å². The largest absolute Gasteiger partial charge is 0.433 e. The molecule has 220 valence electrons. The number of cyclic esters (lactones) is 1. The molecule has 2 fully saturated rings. The van der Waals surface area contributed by atoms with Gasteiger partial charge in [-0.05, 0) is 37.0 Å². The highest BCUT2D eigenvalue weighted by Crippen LogP contribution is 2.38. The summed E-state index contributed by atoms with van der Waals surface area (Å²) < 4.78 is 11.1. The van der Waals surface area contributed by atoms with Crippen LogP contribution in [0.4, 0.5) is 0 Å². The quantitative estimate of drug-likeness (QED) is 0.306. The van der Waals surface area contributed by atoms with Gasteiger partial charge >= 0.3 is 5.97 Å². The van der Waals surface area contributed by atoms with Gasteiger partial charge in [0.25, 0.3) is 5.91 Å². The molecule has 6 rings (SSSR count). The molecule has 0 aromatic heterocycles. The standard InChI is InChI=1S/C33H31N3O7/c1-19(34-30(39)24-14-7-13-23-28(24)21-11-5-6-12-22(21)29(23)38)32(41)36-16-8-15-26(36)31(40)35-25-17-27(37)43-33(25)42-18-20-9-3-2-4-10-20/h2-7,9-14,19,25-26,33H,8,15-18H2,1H3,(H,34,39)(H,35,40). The van der Waals surface area contributed by atoms with E-state index in [1.54, 1.807) is 43.3 Å². The van der Waals surface area contributed by atoms with Gasteiger partial charge in [0, 0.05) is 28.8 Å². The molecule has 2 saturated heterocycles. The van der Waals surface area contributed by atoms with Crippen molar-refractivity contribution in [3.8, 4) is 11.1 Å². The molecule has 0 saturated carbocycles. The van der Waals surface area contributed by atoms with E-state index in [2.05, 4.69) is 10.6 Å². The maximum absolute atomic E-state index is 13.5. The van der Waals surface area contributed by atoms with Gasteiger partial charge in [-0.25, -0.2) is 0 Å². The molecular weight excluding hydrogens is 550 g/mol. The topological polar surface area (TPSA) is 131 Å². The minimum atomic E-state index is -0.940. The number of ether oxygens (including phenoxy) is 2. The maximum Gasteiger partial charge on any atom is 0.310 e.